The van der Waals surface area contributed by atoms with Crippen LogP contribution in [-0.2, 0) is 4.79 Å². The summed E-state index contributed by atoms with van der Waals surface area (Å²) in [7, 11) is 0. The molecule has 13 nitrogen and oxygen atoms in total. The summed E-state index contributed by atoms with van der Waals surface area (Å²) in [5.74, 6) is -0.219. The number of hydrogen-bond acceptors (Lipinski definition) is 9. The van der Waals surface area contributed by atoms with E-state index < -0.39 is 5.97 Å². The first-order chi connectivity index (χ1) is 17.0. The molecule has 0 aliphatic carbocycles. The van der Waals surface area contributed by atoms with Gasteiger partial charge in [0.1, 0.15) is 11.5 Å². The van der Waals surface area contributed by atoms with Gasteiger partial charge in [0.05, 0.1) is 11.1 Å². The fourth-order valence-electron chi connectivity index (χ4n) is 3.98. The molecule has 4 N–H and O–H groups in total. The number of amides is 1. The Morgan fingerprint density at radius 2 is 1.94 bits per heavy atom. The Morgan fingerprint density at radius 3 is 2.63 bits per heavy atom. The standard InChI is InChI=1S/C22H27N9O4/c23-8-3-1-2-4-19(32)29-10-12-30(13-11-29)20-16(5-6-17-25-27-28-26-17)21(33)31-9-7-15(22(34)35)14-18(31)24-20/h5-7,9,14H,1-4,8,10-13,23H2,(H,34,35)(H,25,26,27,28)/b6-5+. The molecule has 184 valence electrons. The van der Waals surface area contributed by atoms with E-state index in [9.17, 15) is 19.5 Å². The average molecular weight is 482 g/mol. The average Bonchev–Trinajstić information content (AvgIpc) is 3.39. The van der Waals surface area contributed by atoms with Gasteiger partial charge in [0.15, 0.2) is 5.82 Å². The van der Waals surface area contributed by atoms with Crippen LogP contribution in [0.4, 0.5) is 5.82 Å². The van der Waals surface area contributed by atoms with E-state index >= 15 is 0 Å². The van der Waals surface area contributed by atoms with Crippen LogP contribution in [0.3, 0.4) is 0 Å². The molecule has 3 aromatic heterocycles. The molecule has 0 bridgehead atoms. The number of carboxylic acid groups (broad SMARTS) is 1. The lowest BCUT2D eigenvalue weighted by atomic mass is 10.1. The summed E-state index contributed by atoms with van der Waals surface area (Å²) >= 11 is 0. The molecular formula is C22H27N9O4. The Balaban J connectivity index is 1.61. The molecule has 1 fully saturated rings. The van der Waals surface area contributed by atoms with E-state index in [0.717, 1.165) is 19.3 Å². The predicted molar refractivity (Wildman–Crippen MR) is 128 cm³/mol. The molecule has 0 saturated carbocycles. The summed E-state index contributed by atoms with van der Waals surface area (Å²) in [6.07, 6.45) is 7.70. The molecular weight excluding hydrogens is 454 g/mol. The third-order valence-corrected chi connectivity index (χ3v) is 5.89. The number of fused-ring (bicyclic) bond motifs is 1. The maximum Gasteiger partial charge on any atom is 0.335 e. The second kappa shape index (κ2) is 10.9. The van der Waals surface area contributed by atoms with Crippen LogP contribution in [0.2, 0.25) is 0 Å². The van der Waals surface area contributed by atoms with E-state index in [1.165, 1.54) is 22.7 Å². The van der Waals surface area contributed by atoms with Crippen molar-refractivity contribution in [1.82, 2.24) is 34.9 Å². The van der Waals surface area contributed by atoms with Crippen molar-refractivity contribution >= 4 is 35.5 Å². The van der Waals surface area contributed by atoms with Crippen molar-refractivity contribution in [1.29, 1.82) is 0 Å². The molecule has 0 spiro atoms. The Kier molecular flexibility index (Phi) is 7.45. The van der Waals surface area contributed by atoms with Crippen LogP contribution < -0.4 is 16.2 Å². The highest BCUT2D eigenvalue weighted by molar-refractivity contribution is 5.89. The lowest BCUT2D eigenvalue weighted by Crippen LogP contribution is -2.49. The lowest BCUT2D eigenvalue weighted by molar-refractivity contribution is -0.131. The highest BCUT2D eigenvalue weighted by Gasteiger charge is 2.25. The zero-order valence-electron chi connectivity index (χ0n) is 19.1. The molecule has 1 saturated heterocycles. The molecule has 1 aliphatic heterocycles. The van der Waals surface area contributed by atoms with E-state index in [1.54, 1.807) is 12.2 Å². The van der Waals surface area contributed by atoms with E-state index in [-0.39, 0.29) is 22.7 Å². The van der Waals surface area contributed by atoms with E-state index in [1.807, 2.05) is 9.80 Å². The number of aromatic carboxylic acids is 1. The fourth-order valence-corrected chi connectivity index (χ4v) is 3.98. The van der Waals surface area contributed by atoms with Crippen molar-refractivity contribution in [2.24, 2.45) is 5.73 Å². The zero-order valence-corrected chi connectivity index (χ0v) is 19.1. The Labute approximate surface area is 200 Å². The van der Waals surface area contributed by atoms with Crippen LogP contribution in [0.15, 0.2) is 23.1 Å². The van der Waals surface area contributed by atoms with Crippen LogP contribution in [0.25, 0.3) is 17.8 Å². The second-order valence-corrected chi connectivity index (χ2v) is 8.19. The Bertz CT molecular complexity index is 1280. The fraction of sp³-hybridized carbons (Fsp3) is 0.409. The number of carboxylic acids is 1. The largest absolute Gasteiger partial charge is 0.478 e. The number of aromatic amines is 1. The van der Waals surface area contributed by atoms with Crippen LogP contribution in [0.5, 0.6) is 0 Å². The monoisotopic (exact) mass is 481 g/mol. The third-order valence-electron chi connectivity index (χ3n) is 5.89. The molecule has 0 aromatic carbocycles. The quantitative estimate of drug-likeness (QED) is 0.359. The van der Waals surface area contributed by atoms with Crippen LogP contribution in [0.1, 0.15) is 47.4 Å². The number of unbranched alkanes of at least 4 members (excludes halogenated alkanes) is 2. The topological polar surface area (TPSA) is 176 Å². The first-order valence-electron chi connectivity index (χ1n) is 11.4. The second-order valence-electron chi connectivity index (χ2n) is 8.19. The van der Waals surface area contributed by atoms with Gasteiger partial charge in [-0.1, -0.05) is 6.42 Å². The maximum absolute atomic E-state index is 13.3. The van der Waals surface area contributed by atoms with E-state index in [2.05, 4.69) is 25.6 Å². The van der Waals surface area contributed by atoms with Crippen molar-refractivity contribution in [2.45, 2.75) is 25.7 Å². The summed E-state index contributed by atoms with van der Waals surface area (Å²) in [5.41, 5.74) is 5.72. The van der Waals surface area contributed by atoms with Gasteiger partial charge in [0.2, 0.25) is 5.91 Å². The number of pyridine rings is 1. The van der Waals surface area contributed by atoms with Gasteiger partial charge in [0, 0.05) is 38.8 Å². The number of carbonyl (C=O) groups is 2. The predicted octanol–water partition coefficient (Wildman–Crippen LogP) is 0.244. The lowest BCUT2D eigenvalue weighted by Gasteiger charge is -2.36. The number of tetrazole rings is 1. The number of nitrogens with two attached hydrogens (primary N) is 1. The highest BCUT2D eigenvalue weighted by Crippen LogP contribution is 2.21. The molecule has 3 aromatic rings. The smallest absolute Gasteiger partial charge is 0.335 e. The highest BCUT2D eigenvalue weighted by atomic mass is 16.4. The van der Waals surface area contributed by atoms with Gasteiger partial charge in [-0.05, 0) is 54.1 Å². The summed E-state index contributed by atoms with van der Waals surface area (Å²) in [6, 6.07) is 2.71. The number of aromatic nitrogens is 6. The number of carbonyl (C=O) groups excluding carboxylic acids is 1. The number of piperazine rings is 1. The Morgan fingerprint density at radius 1 is 1.14 bits per heavy atom. The van der Waals surface area contributed by atoms with Crippen LogP contribution in [0, 0.1) is 0 Å². The van der Waals surface area contributed by atoms with Crippen molar-refractivity contribution in [3.63, 3.8) is 0 Å². The van der Waals surface area contributed by atoms with Crippen molar-refractivity contribution in [3.05, 3.63) is 45.6 Å². The molecule has 35 heavy (non-hydrogen) atoms. The number of nitrogens with one attached hydrogen (secondary N) is 1. The van der Waals surface area contributed by atoms with Gasteiger partial charge in [-0.2, -0.15) is 0 Å². The molecule has 4 rings (SSSR count). The minimum absolute atomic E-state index is 0.0314. The Hall–Kier alpha value is -4.13. The van der Waals surface area contributed by atoms with Gasteiger partial charge in [-0.25, -0.2) is 14.9 Å². The molecule has 13 heteroatoms. The summed E-state index contributed by atoms with van der Waals surface area (Å²) in [4.78, 5) is 45.7. The van der Waals surface area contributed by atoms with Crippen LogP contribution >= 0.6 is 0 Å². The minimum Gasteiger partial charge on any atom is -0.478 e. The van der Waals surface area contributed by atoms with Gasteiger partial charge in [-0.15, -0.1) is 5.10 Å². The molecule has 0 radical (unpaired) electrons. The summed E-state index contributed by atoms with van der Waals surface area (Å²) in [6.45, 7) is 2.60. The third kappa shape index (κ3) is 5.51. The first kappa shape index (κ1) is 24.0. The van der Waals surface area contributed by atoms with Crippen molar-refractivity contribution in [3.8, 4) is 0 Å². The number of rotatable bonds is 9. The zero-order chi connectivity index (χ0) is 24.8. The first-order valence-corrected chi connectivity index (χ1v) is 11.4. The minimum atomic E-state index is -1.11. The number of hydrogen-bond donors (Lipinski definition) is 3. The molecule has 1 aliphatic rings. The maximum atomic E-state index is 13.3. The van der Waals surface area contributed by atoms with Crippen molar-refractivity contribution < 1.29 is 14.7 Å². The van der Waals surface area contributed by atoms with Gasteiger partial charge in [0.25, 0.3) is 5.56 Å². The summed E-state index contributed by atoms with van der Waals surface area (Å²) < 4.78 is 1.30. The van der Waals surface area contributed by atoms with Gasteiger partial charge < -0.3 is 20.6 Å². The normalized spacial score (nSPS) is 14.2. The van der Waals surface area contributed by atoms with Crippen LogP contribution in [-0.4, -0.2) is 84.6 Å². The SMILES string of the molecule is NCCCCCC(=O)N1CCN(c2nc3cc(C(=O)O)ccn3c(=O)c2/C=C/c2nnn[nH]2)CC1. The van der Waals surface area contributed by atoms with E-state index in [0.29, 0.717) is 56.4 Å². The van der Waals surface area contributed by atoms with Crippen molar-refractivity contribution in [2.75, 3.05) is 37.6 Å². The molecule has 4 heterocycles. The van der Waals surface area contributed by atoms with Gasteiger partial charge >= 0.3 is 5.97 Å². The number of anilines is 1. The molecule has 0 unspecified atom stereocenters. The molecule has 0 atom stereocenters. The number of nitrogens with zero attached hydrogens (tertiary/aromatic N) is 7. The van der Waals surface area contributed by atoms with E-state index in [4.69, 9.17) is 5.73 Å². The summed E-state index contributed by atoms with van der Waals surface area (Å²) in [5, 5.41) is 22.8. The number of H-pyrrole nitrogens is 1. The molecule has 1 amide bonds. The van der Waals surface area contributed by atoms with Gasteiger partial charge in [-0.3, -0.25) is 14.0 Å².